The molecule has 2 aromatic rings. The number of carbonyl (C=O) groups is 2. The van der Waals surface area contributed by atoms with Crippen LogP contribution in [0.25, 0.3) is 0 Å². The second kappa shape index (κ2) is 8.10. The summed E-state index contributed by atoms with van der Waals surface area (Å²) in [5, 5.41) is 17.9. The lowest BCUT2D eigenvalue weighted by molar-refractivity contribution is -0.384. The van der Waals surface area contributed by atoms with Crippen molar-refractivity contribution in [2.24, 2.45) is 5.10 Å². The van der Waals surface area contributed by atoms with E-state index in [9.17, 15) is 19.7 Å². The van der Waals surface area contributed by atoms with Crippen LogP contribution in [0.1, 0.15) is 71.4 Å². The maximum absolute atomic E-state index is 12.6. The number of nitro groups is 1. The van der Waals surface area contributed by atoms with Gasteiger partial charge in [-0.05, 0) is 52.7 Å². The molecule has 1 aromatic heterocycles. The summed E-state index contributed by atoms with van der Waals surface area (Å²) in [6.07, 6.45) is 2.11. The normalized spacial score (nSPS) is 14.9. The molecule has 3 rings (SSSR count). The van der Waals surface area contributed by atoms with Crippen LogP contribution in [0.5, 0.6) is 0 Å². The van der Waals surface area contributed by atoms with Gasteiger partial charge < -0.3 is 9.73 Å². The molecular weight excluding hydrogens is 388 g/mol. The number of rotatable bonds is 4. The van der Waals surface area contributed by atoms with Crippen LogP contribution in [-0.2, 0) is 6.42 Å². The number of hydrogen-bond donors (Lipinski definition) is 2. The number of nitro benzene ring substituents is 1. The third-order valence-electron chi connectivity index (χ3n) is 4.65. The quantitative estimate of drug-likeness (QED) is 0.587. The highest BCUT2D eigenvalue weighted by atomic mass is 16.6. The van der Waals surface area contributed by atoms with Crippen molar-refractivity contribution >= 4 is 23.2 Å². The van der Waals surface area contributed by atoms with E-state index in [-0.39, 0.29) is 22.9 Å². The number of carbonyl (C=O) groups excluding carboxylic acids is 2. The van der Waals surface area contributed by atoms with Gasteiger partial charge in [0, 0.05) is 40.8 Å². The van der Waals surface area contributed by atoms with Crippen LogP contribution in [0, 0.1) is 17.0 Å². The highest BCUT2D eigenvalue weighted by molar-refractivity contribution is 6.07. The van der Waals surface area contributed by atoms with Gasteiger partial charge in [0.25, 0.3) is 17.5 Å². The van der Waals surface area contributed by atoms with Crippen molar-refractivity contribution in [1.82, 2.24) is 10.7 Å². The van der Waals surface area contributed by atoms with Crippen LogP contribution in [0.3, 0.4) is 0 Å². The molecule has 2 amide bonds. The second-order valence-corrected chi connectivity index (χ2v) is 8.22. The largest absolute Gasteiger partial charge is 0.455 e. The standard InChI is InChI=1S/C21H24N4O5/c1-12-17-15(23-24-19(26)13-8-10-14(11-9-13)25(28)29)6-5-7-16(17)30-18(12)20(27)22-21(2,3)4/h8-11H,5-7H2,1-4H3,(H,22,27)(H,24,26)/b23-15+. The minimum absolute atomic E-state index is 0.0927. The number of nitrogens with one attached hydrogen (secondary N) is 2. The zero-order valence-electron chi connectivity index (χ0n) is 17.4. The van der Waals surface area contributed by atoms with E-state index in [4.69, 9.17) is 4.42 Å². The Morgan fingerprint density at radius 1 is 1.13 bits per heavy atom. The first-order valence-corrected chi connectivity index (χ1v) is 9.63. The number of aryl methyl sites for hydroxylation is 1. The summed E-state index contributed by atoms with van der Waals surface area (Å²) < 4.78 is 5.83. The number of nitrogens with zero attached hydrogens (tertiary/aromatic N) is 2. The molecule has 30 heavy (non-hydrogen) atoms. The lowest BCUT2D eigenvalue weighted by Crippen LogP contribution is -2.40. The molecule has 0 bridgehead atoms. The average molecular weight is 412 g/mol. The van der Waals surface area contributed by atoms with Crippen molar-refractivity contribution in [3.8, 4) is 0 Å². The van der Waals surface area contributed by atoms with Gasteiger partial charge in [-0.15, -0.1) is 0 Å². The summed E-state index contributed by atoms with van der Waals surface area (Å²) in [7, 11) is 0. The predicted molar refractivity (Wildman–Crippen MR) is 111 cm³/mol. The molecule has 0 aliphatic heterocycles. The molecule has 158 valence electrons. The van der Waals surface area contributed by atoms with Crippen LogP contribution < -0.4 is 10.7 Å². The first-order chi connectivity index (χ1) is 14.1. The first kappa shape index (κ1) is 21.2. The van der Waals surface area contributed by atoms with Crippen molar-refractivity contribution in [2.75, 3.05) is 0 Å². The van der Waals surface area contributed by atoms with E-state index < -0.39 is 16.4 Å². The Kier molecular flexibility index (Phi) is 5.73. The van der Waals surface area contributed by atoms with Crippen molar-refractivity contribution in [3.05, 3.63) is 62.6 Å². The van der Waals surface area contributed by atoms with Crippen molar-refractivity contribution < 1.29 is 18.9 Å². The monoisotopic (exact) mass is 412 g/mol. The van der Waals surface area contributed by atoms with E-state index in [1.165, 1.54) is 24.3 Å². The lowest BCUT2D eigenvalue weighted by atomic mass is 9.93. The number of amides is 2. The summed E-state index contributed by atoms with van der Waals surface area (Å²) in [5.74, 6) is 0.174. The maximum Gasteiger partial charge on any atom is 0.287 e. The van der Waals surface area contributed by atoms with Gasteiger partial charge in [-0.2, -0.15) is 5.10 Å². The number of fused-ring (bicyclic) bond motifs is 1. The lowest BCUT2D eigenvalue weighted by Gasteiger charge is -2.19. The molecule has 0 saturated heterocycles. The zero-order chi connectivity index (χ0) is 22.1. The smallest absolute Gasteiger partial charge is 0.287 e. The topological polar surface area (TPSA) is 127 Å². The third kappa shape index (κ3) is 4.56. The zero-order valence-corrected chi connectivity index (χ0v) is 17.4. The van der Waals surface area contributed by atoms with Gasteiger partial charge >= 0.3 is 0 Å². The van der Waals surface area contributed by atoms with Crippen LogP contribution >= 0.6 is 0 Å². The Balaban J connectivity index is 1.82. The summed E-state index contributed by atoms with van der Waals surface area (Å²) >= 11 is 0. The first-order valence-electron chi connectivity index (χ1n) is 9.63. The molecule has 2 N–H and O–H groups in total. The van der Waals surface area contributed by atoms with Crippen LogP contribution in [0.2, 0.25) is 0 Å². The molecule has 1 aromatic carbocycles. The SMILES string of the molecule is Cc1c(C(=O)NC(C)(C)C)oc2c1/C(=N/NC(=O)c1ccc([N+](=O)[O-])cc1)CCC2. The third-order valence-corrected chi connectivity index (χ3v) is 4.65. The molecule has 1 aliphatic rings. The molecular formula is C21H24N4O5. The van der Waals surface area contributed by atoms with Crippen LogP contribution in [0.15, 0.2) is 33.8 Å². The van der Waals surface area contributed by atoms with E-state index in [1.807, 2.05) is 20.8 Å². The van der Waals surface area contributed by atoms with Gasteiger partial charge in [0.15, 0.2) is 5.76 Å². The number of non-ortho nitro benzene ring substituents is 1. The minimum Gasteiger partial charge on any atom is -0.455 e. The van der Waals surface area contributed by atoms with Crippen molar-refractivity contribution in [1.29, 1.82) is 0 Å². The van der Waals surface area contributed by atoms with E-state index >= 15 is 0 Å². The number of furan rings is 1. The van der Waals surface area contributed by atoms with Crippen LogP contribution in [0.4, 0.5) is 5.69 Å². The number of benzene rings is 1. The maximum atomic E-state index is 12.6. The summed E-state index contributed by atoms with van der Waals surface area (Å²) in [6, 6.07) is 5.28. The fraction of sp³-hybridized carbons (Fsp3) is 0.381. The Hall–Kier alpha value is -3.49. The van der Waals surface area contributed by atoms with E-state index in [1.54, 1.807) is 6.92 Å². The van der Waals surface area contributed by atoms with Gasteiger partial charge in [-0.3, -0.25) is 19.7 Å². The van der Waals surface area contributed by atoms with E-state index in [2.05, 4.69) is 15.8 Å². The molecule has 1 aliphatic carbocycles. The van der Waals surface area contributed by atoms with Gasteiger partial charge in [-0.1, -0.05) is 0 Å². The van der Waals surface area contributed by atoms with E-state index in [0.717, 1.165) is 12.0 Å². The highest BCUT2D eigenvalue weighted by Gasteiger charge is 2.29. The molecule has 9 heteroatoms. The summed E-state index contributed by atoms with van der Waals surface area (Å²) in [6.45, 7) is 7.48. The molecule has 0 radical (unpaired) electrons. The minimum atomic E-state index is -0.527. The molecule has 9 nitrogen and oxygen atoms in total. The highest BCUT2D eigenvalue weighted by Crippen LogP contribution is 2.30. The molecule has 0 saturated carbocycles. The molecule has 0 atom stereocenters. The Morgan fingerprint density at radius 2 is 1.80 bits per heavy atom. The summed E-state index contributed by atoms with van der Waals surface area (Å²) in [4.78, 5) is 35.1. The Morgan fingerprint density at radius 3 is 2.40 bits per heavy atom. The van der Waals surface area contributed by atoms with Gasteiger partial charge in [0.05, 0.1) is 10.6 Å². The van der Waals surface area contributed by atoms with Crippen molar-refractivity contribution in [3.63, 3.8) is 0 Å². The molecule has 0 unspecified atom stereocenters. The van der Waals surface area contributed by atoms with E-state index in [0.29, 0.717) is 29.9 Å². The van der Waals surface area contributed by atoms with Gasteiger partial charge in [0.1, 0.15) is 5.76 Å². The fourth-order valence-corrected chi connectivity index (χ4v) is 3.31. The summed E-state index contributed by atoms with van der Waals surface area (Å²) in [5.41, 5.74) is 4.35. The second-order valence-electron chi connectivity index (χ2n) is 8.22. The number of hydrogen-bond acceptors (Lipinski definition) is 6. The van der Waals surface area contributed by atoms with Gasteiger partial charge in [-0.25, -0.2) is 5.43 Å². The fourth-order valence-electron chi connectivity index (χ4n) is 3.31. The average Bonchev–Trinajstić information content (AvgIpc) is 3.02. The Labute approximate surface area is 173 Å². The predicted octanol–water partition coefficient (Wildman–Crippen LogP) is 3.49. The van der Waals surface area contributed by atoms with Crippen molar-refractivity contribution in [2.45, 2.75) is 52.5 Å². The Bertz CT molecular complexity index is 1030. The van der Waals surface area contributed by atoms with Gasteiger partial charge in [0.2, 0.25) is 0 Å². The molecule has 0 spiro atoms. The molecule has 1 heterocycles. The number of hydrazone groups is 1. The van der Waals surface area contributed by atoms with Crippen LogP contribution in [-0.4, -0.2) is 28.0 Å². The molecule has 0 fully saturated rings.